The normalized spacial score (nSPS) is 10.2. The highest BCUT2D eigenvalue weighted by Gasteiger charge is 2.14. The molecule has 6 nitrogen and oxygen atoms in total. The molecule has 26 heavy (non-hydrogen) atoms. The summed E-state index contributed by atoms with van der Waals surface area (Å²) in [6.07, 6.45) is 0. The van der Waals surface area contributed by atoms with Crippen molar-refractivity contribution in [2.45, 2.75) is 13.8 Å². The zero-order valence-corrected chi connectivity index (χ0v) is 15.3. The third kappa shape index (κ3) is 4.83. The van der Waals surface area contributed by atoms with E-state index in [0.717, 1.165) is 11.1 Å². The van der Waals surface area contributed by atoms with E-state index in [1.165, 1.54) is 31.4 Å². The highest BCUT2D eigenvalue weighted by molar-refractivity contribution is 6.34. The van der Waals surface area contributed by atoms with E-state index in [0.29, 0.717) is 16.3 Å². The Kier molecular flexibility index (Phi) is 6.36. The fourth-order valence-corrected chi connectivity index (χ4v) is 2.69. The lowest BCUT2D eigenvalue weighted by Gasteiger charge is -2.12. The van der Waals surface area contributed by atoms with Gasteiger partial charge in [0.1, 0.15) is 0 Å². The molecule has 0 aliphatic rings. The molecule has 0 aromatic heterocycles. The lowest BCUT2D eigenvalue weighted by atomic mass is 10.1. The molecule has 0 unspecified atom stereocenters. The summed E-state index contributed by atoms with van der Waals surface area (Å²) in [5, 5.41) is 3.05. The van der Waals surface area contributed by atoms with E-state index < -0.39 is 24.5 Å². The number of nitrogens with one attached hydrogen (secondary N) is 1. The van der Waals surface area contributed by atoms with Crippen LogP contribution in [-0.4, -0.2) is 31.6 Å². The monoisotopic (exact) mass is 375 g/mol. The smallest absolute Gasteiger partial charge is 0.338 e. The Morgan fingerprint density at radius 1 is 1.00 bits per heavy atom. The van der Waals surface area contributed by atoms with Gasteiger partial charge in [-0.2, -0.15) is 0 Å². The van der Waals surface area contributed by atoms with Crippen molar-refractivity contribution >= 4 is 35.1 Å². The molecule has 1 N–H and O–H groups in total. The molecular weight excluding hydrogens is 358 g/mol. The summed E-state index contributed by atoms with van der Waals surface area (Å²) in [4.78, 5) is 35.4. The van der Waals surface area contributed by atoms with E-state index in [-0.39, 0.29) is 5.56 Å². The lowest BCUT2D eigenvalue weighted by molar-refractivity contribution is -0.119. The van der Waals surface area contributed by atoms with Crippen LogP contribution in [0.4, 0.5) is 5.69 Å². The van der Waals surface area contributed by atoms with Crippen LogP contribution in [0.3, 0.4) is 0 Å². The summed E-state index contributed by atoms with van der Waals surface area (Å²) in [6.45, 7) is 3.27. The van der Waals surface area contributed by atoms with Crippen molar-refractivity contribution in [1.29, 1.82) is 0 Å². The number of hydrogen-bond donors (Lipinski definition) is 1. The van der Waals surface area contributed by atoms with Crippen molar-refractivity contribution < 1.29 is 23.9 Å². The van der Waals surface area contributed by atoms with Gasteiger partial charge in [0.15, 0.2) is 6.61 Å². The summed E-state index contributed by atoms with van der Waals surface area (Å²) < 4.78 is 9.56. The van der Waals surface area contributed by atoms with Crippen LogP contribution in [0.1, 0.15) is 31.8 Å². The number of benzene rings is 2. The first-order chi connectivity index (χ1) is 12.3. The van der Waals surface area contributed by atoms with Crippen molar-refractivity contribution in [1.82, 2.24) is 0 Å². The third-order valence-electron chi connectivity index (χ3n) is 3.57. The van der Waals surface area contributed by atoms with Gasteiger partial charge in [0.05, 0.1) is 28.9 Å². The Balaban J connectivity index is 1.95. The van der Waals surface area contributed by atoms with Gasteiger partial charge in [0, 0.05) is 0 Å². The van der Waals surface area contributed by atoms with Crippen LogP contribution in [0.2, 0.25) is 5.02 Å². The fourth-order valence-electron chi connectivity index (χ4n) is 2.32. The number of amides is 1. The summed E-state index contributed by atoms with van der Waals surface area (Å²) in [5.74, 6) is -1.68. The minimum atomic E-state index is -0.678. The van der Waals surface area contributed by atoms with E-state index >= 15 is 0 Å². The lowest BCUT2D eigenvalue weighted by Crippen LogP contribution is -2.21. The molecule has 0 aliphatic carbocycles. The maximum absolute atomic E-state index is 12.0. The van der Waals surface area contributed by atoms with Gasteiger partial charge in [-0.3, -0.25) is 4.79 Å². The molecule has 0 saturated carbocycles. The first kappa shape index (κ1) is 19.5. The van der Waals surface area contributed by atoms with Crippen molar-refractivity contribution in [2.75, 3.05) is 19.0 Å². The maximum atomic E-state index is 12.0. The van der Waals surface area contributed by atoms with E-state index in [9.17, 15) is 14.4 Å². The number of esters is 2. The molecule has 2 aromatic carbocycles. The molecule has 136 valence electrons. The Hall–Kier alpha value is -2.86. The van der Waals surface area contributed by atoms with Crippen LogP contribution in [0, 0.1) is 13.8 Å². The van der Waals surface area contributed by atoms with E-state index in [4.69, 9.17) is 16.3 Å². The van der Waals surface area contributed by atoms with E-state index in [1.807, 2.05) is 19.9 Å². The standard InChI is InChI=1S/C19H18ClNO5/c1-11-8-12(2)17(15(20)9-11)21-16(22)10-26-19(24)14-6-4-13(5-7-14)18(23)25-3/h4-9H,10H2,1-3H3,(H,21,22). The second kappa shape index (κ2) is 8.49. The van der Waals surface area contributed by atoms with Gasteiger partial charge in [-0.1, -0.05) is 17.7 Å². The molecule has 0 fully saturated rings. The van der Waals surface area contributed by atoms with Crippen LogP contribution in [0.15, 0.2) is 36.4 Å². The molecule has 0 spiro atoms. The SMILES string of the molecule is COC(=O)c1ccc(C(=O)OCC(=O)Nc2c(C)cc(C)cc2Cl)cc1. The van der Waals surface area contributed by atoms with Gasteiger partial charge in [0.2, 0.25) is 0 Å². The predicted octanol–water partition coefficient (Wildman–Crippen LogP) is 3.54. The Labute approximate surface area is 156 Å². The zero-order chi connectivity index (χ0) is 19.3. The number of aryl methyl sites for hydroxylation is 2. The largest absolute Gasteiger partial charge is 0.465 e. The van der Waals surface area contributed by atoms with Crippen molar-refractivity contribution in [3.05, 3.63) is 63.7 Å². The van der Waals surface area contributed by atoms with Crippen LogP contribution in [0.5, 0.6) is 0 Å². The molecule has 0 saturated heterocycles. The van der Waals surface area contributed by atoms with Gasteiger partial charge in [-0.15, -0.1) is 0 Å². The molecule has 0 bridgehead atoms. The molecule has 0 radical (unpaired) electrons. The first-order valence-electron chi connectivity index (χ1n) is 7.74. The van der Waals surface area contributed by atoms with Gasteiger partial charge in [-0.05, 0) is 55.3 Å². The van der Waals surface area contributed by atoms with Crippen molar-refractivity contribution in [3.63, 3.8) is 0 Å². The van der Waals surface area contributed by atoms with E-state index in [2.05, 4.69) is 10.1 Å². The Bertz CT molecular complexity index is 823. The highest BCUT2D eigenvalue weighted by atomic mass is 35.5. The van der Waals surface area contributed by atoms with Crippen LogP contribution < -0.4 is 5.32 Å². The third-order valence-corrected chi connectivity index (χ3v) is 3.87. The number of methoxy groups -OCH3 is 1. The van der Waals surface area contributed by atoms with Crippen LogP contribution >= 0.6 is 11.6 Å². The number of carbonyl (C=O) groups is 3. The number of halogens is 1. The topological polar surface area (TPSA) is 81.7 Å². The number of rotatable bonds is 5. The van der Waals surface area contributed by atoms with Crippen LogP contribution in [-0.2, 0) is 14.3 Å². The minimum absolute atomic E-state index is 0.218. The summed E-state index contributed by atoms with van der Waals surface area (Å²) >= 11 is 6.13. The fraction of sp³-hybridized carbons (Fsp3) is 0.211. The molecule has 7 heteroatoms. The van der Waals surface area contributed by atoms with Crippen LogP contribution in [0.25, 0.3) is 0 Å². The minimum Gasteiger partial charge on any atom is -0.465 e. The molecule has 2 aromatic rings. The Morgan fingerprint density at radius 2 is 1.58 bits per heavy atom. The predicted molar refractivity (Wildman–Crippen MR) is 97.6 cm³/mol. The second-order valence-corrected chi connectivity index (χ2v) is 6.04. The summed E-state index contributed by atoms with van der Waals surface area (Å²) in [6, 6.07) is 9.35. The molecule has 2 rings (SSSR count). The van der Waals surface area contributed by atoms with Gasteiger partial charge in [-0.25, -0.2) is 9.59 Å². The van der Waals surface area contributed by atoms with E-state index in [1.54, 1.807) is 6.07 Å². The number of anilines is 1. The zero-order valence-electron chi connectivity index (χ0n) is 14.6. The Morgan fingerprint density at radius 3 is 2.12 bits per heavy atom. The second-order valence-electron chi connectivity index (χ2n) is 5.63. The van der Waals surface area contributed by atoms with Crippen molar-refractivity contribution in [2.24, 2.45) is 0 Å². The molecule has 0 heterocycles. The quantitative estimate of drug-likeness (QED) is 0.808. The molecule has 0 atom stereocenters. The molecule has 0 aliphatic heterocycles. The van der Waals surface area contributed by atoms with Crippen molar-refractivity contribution in [3.8, 4) is 0 Å². The molecule has 1 amide bonds. The number of hydrogen-bond acceptors (Lipinski definition) is 5. The average molecular weight is 376 g/mol. The van der Waals surface area contributed by atoms with Gasteiger partial charge < -0.3 is 14.8 Å². The highest BCUT2D eigenvalue weighted by Crippen LogP contribution is 2.27. The summed E-state index contributed by atoms with van der Waals surface area (Å²) in [5.41, 5.74) is 2.81. The maximum Gasteiger partial charge on any atom is 0.338 e. The van der Waals surface area contributed by atoms with Gasteiger partial charge in [0.25, 0.3) is 5.91 Å². The average Bonchev–Trinajstić information content (AvgIpc) is 2.62. The summed E-state index contributed by atoms with van der Waals surface area (Å²) in [7, 11) is 1.27. The number of carbonyl (C=O) groups excluding carboxylic acids is 3. The first-order valence-corrected chi connectivity index (χ1v) is 8.11. The van der Waals surface area contributed by atoms with Gasteiger partial charge >= 0.3 is 11.9 Å². The number of ether oxygens (including phenoxy) is 2. The molecular formula is C19H18ClNO5.